The first-order chi connectivity index (χ1) is 11.6. The van der Waals surface area contributed by atoms with Crippen molar-refractivity contribution >= 4 is 17.7 Å². The zero-order valence-electron chi connectivity index (χ0n) is 13.3. The highest BCUT2D eigenvalue weighted by Crippen LogP contribution is 2.52. The zero-order chi connectivity index (χ0) is 16.8. The lowest BCUT2D eigenvalue weighted by molar-refractivity contribution is -0.143. The summed E-state index contributed by atoms with van der Waals surface area (Å²) in [5.74, 6) is -0.754. The average molecular weight is 326 g/mol. The van der Waals surface area contributed by atoms with E-state index in [4.69, 9.17) is 4.74 Å². The van der Waals surface area contributed by atoms with Crippen molar-refractivity contribution in [3.05, 3.63) is 42.0 Å². The minimum absolute atomic E-state index is 0.129. The minimum Gasteiger partial charge on any atom is -0.494 e. The SMILES string of the molecule is CCOc1ccc(C(=O)NN2C(=O)C3C4C=CC(C4)C3C2=O)cc1. The topological polar surface area (TPSA) is 75.7 Å². The Morgan fingerprint density at radius 1 is 1.12 bits per heavy atom. The van der Waals surface area contributed by atoms with E-state index in [0.29, 0.717) is 17.9 Å². The Morgan fingerprint density at radius 3 is 2.25 bits per heavy atom. The Kier molecular flexibility index (Phi) is 3.40. The molecule has 4 unspecified atom stereocenters. The molecule has 1 saturated carbocycles. The maximum absolute atomic E-state index is 12.5. The lowest BCUT2D eigenvalue weighted by Gasteiger charge is -2.18. The molecule has 6 heteroatoms. The van der Waals surface area contributed by atoms with Crippen LogP contribution in [-0.2, 0) is 9.59 Å². The van der Waals surface area contributed by atoms with Crippen LogP contribution < -0.4 is 10.2 Å². The smallest absolute Gasteiger partial charge is 0.270 e. The summed E-state index contributed by atoms with van der Waals surface area (Å²) in [4.78, 5) is 37.4. The van der Waals surface area contributed by atoms with Gasteiger partial charge in [0.2, 0.25) is 0 Å². The number of ether oxygens (including phenoxy) is 1. The van der Waals surface area contributed by atoms with Crippen molar-refractivity contribution in [2.75, 3.05) is 6.61 Å². The van der Waals surface area contributed by atoms with Gasteiger partial charge in [0.05, 0.1) is 18.4 Å². The van der Waals surface area contributed by atoms with Crippen LogP contribution >= 0.6 is 0 Å². The van der Waals surface area contributed by atoms with Gasteiger partial charge in [0.25, 0.3) is 17.7 Å². The van der Waals surface area contributed by atoms with Gasteiger partial charge in [0.15, 0.2) is 0 Å². The molecule has 1 N–H and O–H groups in total. The molecule has 6 nitrogen and oxygen atoms in total. The van der Waals surface area contributed by atoms with Crippen molar-refractivity contribution in [2.45, 2.75) is 13.3 Å². The van der Waals surface area contributed by atoms with Gasteiger partial charge >= 0.3 is 0 Å². The molecule has 0 spiro atoms. The Morgan fingerprint density at radius 2 is 1.71 bits per heavy atom. The van der Waals surface area contributed by atoms with Gasteiger partial charge in [-0.3, -0.25) is 19.8 Å². The van der Waals surface area contributed by atoms with Crippen LogP contribution in [0.2, 0.25) is 0 Å². The largest absolute Gasteiger partial charge is 0.494 e. The Bertz CT molecular complexity index is 710. The first-order valence-corrected chi connectivity index (χ1v) is 8.20. The number of allylic oxidation sites excluding steroid dienone is 2. The summed E-state index contributed by atoms with van der Waals surface area (Å²) in [6.07, 6.45) is 4.91. The van der Waals surface area contributed by atoms with Gasteiger partial charge in [-0.25, -0.2) is 0 Å². The first-order valence-electron chi connectivity index (χ1n) is 8.20. The van der Waals surface area contributed by atoms with E-state index in [0.717, 1.165) is 11.4 Å². The van der Waals surface area contributed by atoms with Crippen LogP contribution in [0.5, 0.6) is 5.75 Å². The second-order valence-corrected chi connectivity index (χ2v) is 6.41. The van der Waals surface area contributed by atoms with Crippen molar-refractivity contribution < 1.29 is 19.1 Å². The number of hydrazine groups is 1. The fraction of sp³-hybridized carbons (Fsp3) is 0.389. The number of fused-ring (bicyclic) bond motifs is 5. The molecule has 1 aromatic carbocycles. The molecule has 24 heavy (non-hydrogen) atoms. The maximum atomic E-state index is 12.5. The fourth-order valence-corrected chi connectivity index (χ4v) is 4.05. The van der Waals surface area contributed by atoms with Crippen LogP contribution in [0.3, 0.4) is 0 Å². The quantitative estimate of drug-likeness (QED) is 0.673. The summed E-state index contributed by atoms with van der Waals surface area (Å²) in [5, 5.41) is 0.917. The molecule has 124 valence electrons. The normalized spacial score (nSPS) is 30.0. The first kappa shape index (κ1) is 14.9. The summed E-state index contributed by atoms with van der Waals surface area (Å²) in [7, 11) is 0. The monoisotopic (exact) mass is 326 g/mol. The Balaban J connectivity index is 1.48. The van der Waals surface area contributed by atoms with Gasteiger partial charge in [0.1, 0.15) is 5.75 Å². The standard InChI is InChI=1S/C18H18N2O4/c1-2-24-13-7-5-10(6-8-13)16(21)19-20-17(22)14-11-3-4-12(9-11)15(14)18(20)23/h3-8,11-12,14-15H,2,9H2,1H3,(H,19,21). The van der Waals surface area contributed by atoms with Crippen LogP contribution in [-0.4, -0.2) is 29.3 Å². The maximum Gasteiger partial charge on any atom is 0.270 e. The Labute approximate surface area is 139 Å². The molecular weight excluding hydrogens is 308 g/mol. The van der Waals surface area contributed by atoms with E-state index in [2.05, 4.69) is 5.43 Å². The van der Waals surface area contributed by atoms with E-state index >= 15 is 0 Å². The number of hydrogen-bond acceptors (Lipinski definition) is 4. The van der Waals surface area contributed by atoms with E-state index in [1.54, 1.807) is 24.3 Å². The molecule has 4 rings (SSSR count). The number of nitrogens with one attached hydrogen (secondary N) is 1. The second-order valence-electron chi connectivity index (χ2n) is 6.41. The third-order valence-corrected chi connectivity index (χ3v) is 5.11. The molecular formula is C18H18N2O4. The zero-order valence-corrected chi connectivity index (χ0v) is 13.3. The highest BCUT2D eigenvalue weighted by atomic mass is 16.5. The number of carbonyl (C=O) groups excluding carboxylic acids is 3. The van der Waals surface area contributed by atoms with Crippen molar-refractivity contribution in [1.29, 1.82) is 0 Å². The summed E-state index contributed by atoms with van der Waals surface area (Å²) < 4.78 is 5.33. The molecule has 0 radical (unpaired) electrons. The second kappa shape index (κ2) is 5.47. The molecule has 1 aliphatic heterocycles. The number of benzene rings is 1. The average Bonchev–Trinajstić information content (AvgIpc) is 3.26. The van der Waals surface area contributed by atoms with Gasteiger partial charge in [0, 0.05) is 5.56 Å². The van der Waals surface area contributed by atoms with Crippen LogP contribution in [0.1, 0.15) is 23.7 Å². The molecule has 2 bridgehead atoms. The molecule has 3 aliphatic rings. The van der Waals surface area contributed by atoms with E-state index in [1.807, 2.05) is 19.1 Å². The molecule has 1 heterocycles. The van der Waals surface area contributed by atoms with Gasteiger partial charge in [-0.15, -0.1) is 0 Å². The summed E-state index contributed by atoms with van der Waals surface area (Å²) in [6.45, 7) is 2.42. The molecule has 2 fully saturated rings. The molecule has 0 aromatic heterocycles. The van der Waals surface area contributed by atoms with Crippen molar-refractivity contribution in [2.24, 2.45) is 23.7 Å². The minimum atomic E-state index is -0.472. The number of carbonyl (C=O) groups is 3. The number of rotatable bonds is 4. The van der Waals surface area contributed by atoms with Gasteiger partial charge in [-0.1, -0.05) is 12.2 Å². The molecule has 3 amide bonds. The highest BCUT2D eigenvalue weighted by molar-refractivity contribution is 6.08. The molecule has 1 saturated heterocycles. The van der Waals surface area contributed by atoms with Crippen LogP contribution in [0.4, 0.5) is 0 Å². The predicted molar refractivity (Wildman–Crippen MR) is 84.6 cm³/mol. The summed E-state index contributed by atoms with van der Waals surface area (Å²) >= 11 is 0. The van der Waals surface area contributed by atoms with Crippen molar-refractivity contribution in [1.82, 2.24) is 10.4 Å². The van der Waals surface area contributed by atoms with E-state index in [9.17, 15) is 14.4 Å². The number of nitrogens with zero attached hydrogens (tertiary/aromatic N) is 1. The van der Waals surface area contributed by atoms with E-state index in [1.165, 1.54) is 0 Å². The summed E-state index contributed by atoms with van der Waals surface area (Å²) in [5.41, 5.74) is 2.84. The molecule has 4 atom stereocenters. The van der Waals surface area contributed by atoms with Gasteiger partial charge in [-0.2, -0.15) is 5.01 Å². The van der Waals surface area contributed by atoms with Crippen LogP contribution in [0.15, 0.2) is 36.4 Å². The third kappa shape index (κ3) is 2.13. The molecule has 1 aromatic rings. The van der Waals surface area contributed by atoms with Crippen LogP contribution in [0, 0.1) is 23.7 Å². The van der Waals surface area contributed by atoms with Crippen molar-refractivity contribution in [3.63, 3.8) is 0 Å². The predicted octanol–water partition coefficient (Wildman–Crippen LogP) is 1.54. The number of hydrogen-bond donors (Lipinski definition) is 1. The molecule has 2 aliphatic carbocycles. The van der Waals surface area contributed by atoms with Gasteiger partial charge in [-0.05, 0) is 49.4 Å². The van der Waals surface area contributed by atoms with E-state index in [-0.39, 0.29) is 35.5 Å². The van der Waals surface area contributed by atoms with Crippen LogP contribution in [0.25, 0.3) is 0 Å². The Hall–Kier alpha value is -2.63. The lowest BCUT2D eigenvalue weighted by Crippen LogP contribution is -2.47. The third-order valence-electron chi connectivity index (χ3n) is 5.11. The van der Waals surface area contributed by atoms with E-state index < -0.39 is 5.91 Å². The fourth-order valence-electron chi connectivity index (χ4n) is 4.05. The number of imide groups is 1. The van der Waals surface area contributed by atoms with Gasteiger partial charge < -0.3 is 4.74 Å². The number of amides is 3. The lowest BCUT2D eigenvalue weighted by atomic mass is 9.85. The summed E-state index contributed by atoms with van der Waals surface area (Å²) in [6, 6.07) is 6.59. The highest BCUT2D eigenvalue weighted by Gasteiger charge is 2.59. The van der Waals surface area contributed by atoms with Crippen molar-refractivity contribution in [3.8, 4) is 5.75 Å².